The van der Waals surface area contributed by atoms with Gasteiger partial charge in [0.05, 0.1) is 17.8 Å². The van der Waals surface area contributed by atoms with E-state index in [1.54, 1.807) is 13.0 Å². The second-order valence-electron chi connectivity index (χ2n) is 7.52. The Balaban J connectivity index is 1.71. The second kappa shape index (κ2) is 11.1. The van der Waals surface area contributed by atoms with Crippen molar-refractivity contribution in [1.29, 1.82) is 0 Å². The average molecular weight is 596 g/mol. The van der Waals surface area contributed by atoms with E-state index in [0.29, 0.717) is 14.5 Å². The van der Waals surface area contributed by atoms with Crippen LogP contribution in [0.5, 0.6) is 0 Å². The Hall–Kier alpha value is -1.74. The molecule has 0 radical (unpaired) electrons. The molecule has 0 spiro atoms. The first-order chi connectivity index (χ1) is 16.7. The van der Waals surface area contributed by atoms with Crippen LogP contribution in [0.3, 0.4) is 0 Å². The van der Waals surface area contributed by atoms with Crippen molar-refractivity contribution in [2.75, 3.05) is 13.2 Å². The van der Waals surface area contributed by atoms with Crippen molar-refractivity contribution in [3.63, 3.8) is 0 Å². The monoisotopic (exact) mass is 594 g/mol. The first kappa shape index (κ1) is 26.3. The summed E-state index contributed by atoms with van der Waals surface area (Å²) in [5, 5.41) is 29.2. The van der Waals surface area contributed by atoms with Crippen molar-refractivity contribution in [2.24, 2.45) is 0 Å². The topological polar surface area (TPSA) is 103 Å². The molecule has 5 atom stereocenters. The van der Waals surface area contributed by atoms with Gasteiger partial charge in [0.2, 0.25) is 0 Å². The summed E-state index contributed by atoms with van der Waals surface area (Å²) in [6, 6.07) is 2.37. The number of benzene rings is 1. The van der Waals surface area contributed by atoms with E-state index < -0.39 is 53.8 Å². The van der Waals surface area contributed by atoms with E-state index in [1.165, 1.54) is 28.8 Å². The molecule has 2 aromatic heterocycles. The van der Waals surface area contributed by atoms with Crippen molar-refractivity contribution in [3.8, 4) is 11.3 Å². The summed E-state index contributed by atoms with van der Waals surface area (Å²) in [5.41, 5.74) is -0.741. The molecule has 188 valence electrons. The van der Waals surface area contributed by atoms with Gasteiger partial charge in [-0.1, -0.05) is 28.6 Å². The maximum Gasteiger partial charge on any atom is 0.194 e. The first-order valence-corrected chi connectivity index (χ1v) is 12.4. The summed E-state index contributed by atoms with van der Waals surface area (Å²) in [6.45, 7) is 1.51. The number of aliphatic hydroxyl groups is 2. The molecule has 1 aromatic carbocycles. The van der Waals surface area contributed by atoms with Crippen molar-refractivity contribution in [1.82, 2.24) is 20.0 Å². The number of ether oxygens (including phenoxy) is 2. The van der Waals surface area contributed by atoms with Gasteiger partial charge < -0.3 is 19.7 Å². The molecule has 3 aromatic rings. The van der Waals surface area contributed by atoms with E-state index in [9.17, 15) is 23.4 Å². The zero-order valence-electron chi connectivity index (χ0n) is 18.0. The standard InChI is InChI=1S/C21H19BrClF3N4O4S/c1-2-33-19-17(30-7-13(28-29-30)9-3-11(24)16(26)12(25)4-9)18(32)14(8-31)34-21(19)35-15-5-10(23)6-27-20(15)22/h3-7,14,17-19,21,31-32H,2,8H2,1H3/t14-,17+,18+,19-,21-/m1/s1. The highest BCUT2D eigenvalue weighted by molar-refractivity contribution is 9.10. The Bertz CT molecular complexity index is 1190. The Kier molecular flexibility index (Phi) is 8.36. The molecule has 1 aliphatic rings. The third kappa shape index (κ3) is 5.50. The Labute approximate surface area is 215 Å². The van der Waals surface area contributed by atoms with Crippen LogP contribution in [0.25, 0.3) is 11.3 Å². The highest BCUT2D eigenvalue weighted by Crippen LogP contribution is 2.42. The molecule has 0 unspecified atom stereocenters. The number of thioether (sulfide) groups is 1. The van der Waals surface area contributed by atoms with E-state index in [4.69, 9.17) is 21.1 Å². The number of halogens is 5. The van der Waals surface area contributed by atoms with E-state index in [2.05, 4.69) is 31.2 Å². The third-order valence-electron chi connectivity index (χ3n) is 5.30. The van der Waals surface area contributed by atoms with E-state index in [1.807, 2.05) is 0 Å². The third-order valence-corrected chi connectivity index (χ3v) is 7.57. The molecule has 0 saturated carbocycles. The lowest BCUT2D eigenvalue weighted by atomic mass is 9.97. The molecule has 4 rings (SSSR count). The molecule has 0 amide bonds. The van der Waals surface area contributed by atoms with Crippen molar-refractivity contribution in [3.05, 3.63) is 57.7 Å². The average Bonchev–Trinajstić information content (AvgIpc) is 3.31. The van der Waals surface area contributed by atoms with Crippen LogP contribution < -0.4 is 0 Å². The summed E-state index contributed by atoms with van der Waals surface area (Å²) < 4.78 is 54.5. The zero-order chi connectivity index (χ0) is 25.3. The van der Waals surface area contributed by atoms with Crippen molar-refractivity contribution in [2.45, 2.75) is 41.6 Å². The van der Waals surface area contributed by atoms with Gasteiger partial charge in [-0.05, 0) is 41.1 Å². The largest absolute Gasteiger partial charge is 0.394 e. The second-order valence-corrected chi connectivity index (χ2v) is 9.85. The lowest BCUT2D eigenvalue weighted by Crippen LogP contribution is -2.55. The van der Waals surface area contributed by atoms with Crippen molar-refractivity contribution < 1.29 is 32.9 Å². The minimum atomic E-state index is -1.59. The van der Waals surface area contributed by atoms with Gasteiger partial charge >= 0.3 is 0 Å². The Morgan fingerprint density at radius 3 is 2.63 bits per heavy atom. The van der Waals surface area contributed by atoms with E-state index >= 15 is 0 Å². The predicted molar refractivity (Wildman–Crippen MR) is 124 cm³/mol. The number of aromatic nitrogens is 4. The highest BCUT2D eigenvalue weighted by atomic mass is 79.9. The fourth-order valence-electron chi connectivity index (χ4n) is 3.70. The van der Waals surface area contributed by atoms with Gasteiger partial charge in [-0.15, -0.1) is 5.10 Å². The van der Waals surface area contributed by atoms with E-state index in [0.717, 1.165) is 12.1 Å². The molecular weight excluding hydrogens is 577 g/mol. The summed E-state index contributed by atoms with van der Waals surface area (Å²) >= 11 is 10.7. The molecule has 3 heterocycles. The fourth-order valence-corrected chi connectivity index (χ4v) is 5.58. The molecule has 0 bridgehead atoms. The first-order valence-electron chi connectivity index (χ1n) is 10.3. The zero-order valence-corrected chi connectivity index (χ0v) is 21.1. The van der Waals surface area contributed by atoms with Crippen LogP contribution in [0.4, 0.5) is 13.2 Å². The summed E-state index contributed by atoms with van der Waals surface area (Å²) in [6.07, 6.45) is -0.257. The van der Waals surface area contributed by atoms with Crippen LogP contribution in [0.15, 0.2) is 40.1 Å². The van der Waals surface area contributed by atoms with Gasteiger partial charge in [-0.3, -0.25) is 0 Å². The molecule has 14 heteroatoms. The van der Waals surface area contributed by atoms with Crippen LogP contribution in [-0.2, 0) is 9.47 Å². The number of rotatable bonds is 7. The number of hydrogen-bond acceptors (Lipinski definition) is 8. The maximum absolute atomic E-state index is 13.7. The molecule has 35 heavy (non-hydrogen) atoms. The number of pyridine rings is 1. The molecule has 2 N–H and O–H groups in total. The van der Waals surface area contributed by atoms with Gasteiger partial charge in [0, 0.05) is 23.3 Å². The Morgan fingerprint density at radius 2 is 1.97 bits per heavy atom. The fraction of sp³-hybridized carbons (Fsp3) is 0.381. The quantitative estimate of drug-likeness (QED) is 0.312. The lowest BCUT2D eigenvalue weighted by Gasteiger charge is -2.43. The summed E-state index contributed by atoms with van der Waals surface area (Å²) in [4.78, 5) is 4.79. The van der Waals surface area contributed by atoms with Gasteiger partial charge in [-0.2, -0.15) is 0 Å². The Morgan fingerprint density at radius 1 is 1.26 bits per heavy atom. The highest BCUT2D eigenvalue weighted by Gasteiger charge is 2.48. The molecular formula is C21H19BrClF3N4O4S. The normalized spacial score (nSPS) is 24.6. The summed E-state index contributed by atoms with van der Waals surface area (Å²) in [7, 11) is 0. The summed E-state index contributed by atoms with van der Waals surface area (Å²) in [5.74, 6) is -4.33. The van der Waals surface area contributed by atoms with Gasteiger partial charge in [0.15, 0.2) is 17.5 Å². The van der Waals surface area contributed by atoms with Crippen LogP contribution in [0, 0.1) is 17.5 Å². The minimum Gasteiger partial charge on any atom is -0.394 e. The smallest absolute Gasteiger partial charge is 0.194 e. The molecule has 8 nitrogen and oxygen atoms in total. The minimum absolute atomic E-state index is 0.0410. The van der Waals surface area contributed by atoms with E-state index in [-0.39, 0.29) is 17.9 Å². The molecule has 1 saturated heterocycles. The van der Waals surface area contributed by atoms with Gasteiger partial charge in [-0.25, -0.2) is 22.8 Å². The SMILES string of the molecule is CCO[C@@H]1[C@@H](n2cc(-c3cc(F)c(F)c(F)c3)nn2)[C@@H](O)[C@@H](CO)O[C@@H]1Sc1cc(Cl)cnc1Br. The molecule has 1 aliphatic heterocycles. The molecule has 0 aliphatic carbocycles. The van der Waals surface area contributed by atoms with Crippen LogP contribution in [-0.4, -0.2) is 67.2 Å². The van der Waals surface area contributed by atoms with Crippen LogP contribution in [0.2, 0.25) is 5.02 Å². The van der Waals surface area contributed by atoms with Gasteiger partial charge in [0.25, 0.3) is 0 Å². The predicted octanol–water partition coefficient (Wildman–Crippen LogP) is 3.99. The molecule has 1 fully saturated rings. The number of hydrogen-bond donors (Lipinski definition) is 2. The van der Waals surface area contributed by atoms with Crippen molar-refractivity contribution >= 4 is 39.3 Å². The maximum atomic E-state index is 13.7. The number of nitrogens with zero attached hydrogens (tertiary/aromatic N) is 4. The van der Waals surface area contributed by atoms with Crippen LogP contribution >= 0.6 is 39.3 Å². The van der Waals surface area contributed by atoms with Gasteiger partial charge in [0.1, 0.15) is 40.1 Å². The van der Waals surface area contributed by atoms with Crippen LogP contribution in [0.1, 0.15) is 13.0 Å². The number of aliphatic hydroxyl groups excluding tert-OH is 2. The lowest BCUT2D eigenvalue weighted by molar-refractivity contribution is -0.191.